The van der Waals surface area contributed by atoms with Gasteiger partial charge in [-0.05, 0) is 41.8 Å². The number of carbonyl (C=O) groups excluding carboxylic acids is 1. The molecule has 0 atom stereocenters. The first kappa shape index (κ1) is 19.6. The molecule has 0 unspecified atom stereocenters. The molecular weight excluding hydrogens is 414 g/mol. The van der Waals surface area contributed by atoms with Gasteiger partial charge >= 0.3 is 0 Å². The van der Waals surface area contributed by atoms with E-state index in [1.54, 1.807) is 0 Å². The molecular formula is C22H21N5O3S. The topological polar surface area (TPSA) is 91.2 Å². The van der Waals surface area contributed by atoms with E-state index >= 15 is 0 Å². The molecule has 1 aliphatic heterocycles. The lowest BCUT2D eigenvalue weighted by Gasteiger charge is -2.06. The van der Waals surface area contributed by atoms with Crippen LogP contribution in [0.3, 0.4) is 0 Å². The predicted molar refractivity (Wildman–Crippen MR) is 118 cm³/mol. The Balaban J connectivity index is 1.25. The summed E-state index contributed by atoms with van der Waals surface area (Å²) in [4.78, 5) is 16.9. The van der Waals surface area contributed by atoms with Crippen LogP contribution in [-0.2, 0) is 24.8 Å². The van der Waals surface area contributed by atoms with E-state index in [2.05, 4.69) is 45.6 Å². The lowest BCUT2D eigenvalue weighted by Crippen LogP contribution is -2.24. The van der Waals surface area contributed by atoms with Gasteiger partial charge in [-0.1, -0.05) is 30.8 Å². The minimum absolute atomic E-state index is 0.101. The number of aromatic nitrogens is 4. The van der Waals surface area contributed by atoms with Crippen molar-refractivity contribution in [2.24, 2.45) is 7.05 Å². The van der Waals surface area contributed by atoms with Gasteiger partial charge in [0.05, 0.1) is 11.3 Å². The Morgan fingerprint density at radius 2 is 1.97 bits per heavy atom. The molecule has 8 nitrogen and oxygen atoms in total. The number of nitrogens with one attached hydrogen (secondary N) is 1. The highest BCUT2D eigenvalue weighted by Crippen LogP contribution is 2.32. The Kier molecular flexibility index (Phi) is 5.11. The van der Waals surface area contributed by atoms with Crippen molar-refractivity contribution in [3.63, 3.8) is 0 Å². The average Bonchev–Trinajstić information content (AvgIpc) is 3.38. The normalized spacial score (nSPS) is 12.6. The molecule has 2 aromatic heterocycles. The van der Waals surface area contributed by atoms with Gasteiger partial charge in [-0.15, -0.1) is 10.2 Å². The highest BCUT2D eigenvalue weighted by Gasteiger charge is 2.15. The van der Waals surface area contributed by atoms with Gasteiger partial charge in [-0.25, -0.2) is 4.98 Å². The van der Waals surface area contributed by atoms with Gasteiger partial charge in [0, 0.05) is 19.0 Å². The molecule has 1 N–H and O–H groups in total. The van der Waals surface area contributed by atoms with Crippen molar-refractivity contribution in [1.82, 2.24) is 25.1 Å². The standard InChI is InChI=1S/C22H21N5O3S/c1-3-13-4-6-16-15(8-13)20-21(27(16)2)24-22(26-25-20)31-11-19(28)23-10-14-5-7-17-18(9-14)30-12-29-17/h4-9H,3,10-12H2,1-2H3,(H,23,28). The van der Waals surface area contributed by atoms with Gasteiger partial charge < -0.3 is 19.4 Å². The lowest BCUT2D eigenvalue weighted by atomic mass is 10.1. The zero-order valence-electron chi connectivity index (χ0n) is 17.2. The highest BCUT2D eigenvalue weighted by atomic mass is 32.2. The van der Waals surface area contributed by atoms with Crippen molar-refractivity contribution in [2.45, 2.75) is 25.0 Å². The summed E-state index contributed by atoms with van der Waals surface area (Å²) in [7, 11) is 1.97. The van der Waals surface area contributed by atoms with E-state index < -0.39 is 0 Å². The molecule has 0 aliphatic carbocycles. The summed E-state index contributed by atoms with van der Waals surface area (Å²) in [5.74, 6) is 1.54. The van der Waals surface area contributed by atoms with Gasteiger partial charge in [0.1, 0.15) is 5.52 Å². The van der Waals surface area contributed by atoms with Gasteiger partial charge in [0.2, 0.25) is 17.9 Å². The second-order valence-electron chi connectivity index (χ2n) is 7.28. The molecule has 4 aromatic rings. The fourth-order valence-electron chi connectivity index (χ4n) is 3.60. The second kappa shape index (κ2) is 8.07. The molecule has 0 saturated carbocycles. The number of aryl methyl sites for hydroxylation is 2. The van der Waals surface area contributed by atoms with Crippen molar-refractivity contribution in [3.05, 3.63) is 47.5 Å². The zero-order chi connectivity index (χ0) is 21.4. The van der Waals surface area contributed by atoms with E-state index in [9.17, 15) is 4.79 Å². The summed E-state index contributed by atoms with van der Waals surface area (Å²) in [6, 6.07) is 12.0. The maximum atomic E-state index is 12.3. The van der Waals surface area contributed by atoms with Crippen LogP contribution in [0.15, 0.2) is 41.6 Å². The highest BCUT2D eigenvalue weighted by molar-refractivity contribution is 7.99. The van der Waals surface area contributed by atoms with Crippen LogP contribution in [0.1, 0.15) is 18.1 Å². The molecule has 2 aromatic carbocycles. The fraction of sp³-hybridized carbons (Fsp3) is 0.273. The smallest absolute Gasteiger partial charge is 0.231 e. The van der Waals surface area contributed by atoms with E-state index in [1.165, 1.54) is 17.3 Å². The number of nitrogens with zero attached hydrogens (tertiary/aromatic N) is 4. The SMILES string of the molecule is CCc1ccc2c(c1)c1nnc(SCC(=O)NCc3ccc4c(c3)OCO4)nc1n2C. The van der Waals surface area contributed by atoms with Crippen molar-refractivity contribution >= 4 is 39.7 Å². The third kappa shape index (κ3) is 3.76. The summed E-state index contributed by atoms with van der Waals surface area (Å²) < 4.78 is 12.7. The lowest BCUT2D eigenvalue weighted by molar-refractivity contribution is -0.118. The number of hydrogen-bond donors (Lipinski definition) is 1. The Labute approximate surface area is 183 Å². The van der Waals surface area contributed by atoms with Crippen LogP contribution in [0, 0.1) is 0 Å². The number of thioether (sulfide) groups is 1. The first-order valence-electron chi connectivity index (χ1n) is 10.0. The summed E-state index contributed by atoms with van der Waals surface area (Å²) in [5.41, 5.74) is 4.81. The molecule has 9 heteroatoms. The van der Waals surface area contributed by atoms with Crippen molar-refractivity contribution in [2.75, 3.05) is 12.5 Å². The van der Waals surface area contributed by atoms with Crippen molar-refractivity contribution in [1.29, 1.82) is 0 Å². The predicted octanol–water partition coefficient (Wildman–Crippen LogP) is 3.22. The number of fused-ring (bicyclic) bond motifs is 4. The van der Waals surface area contributed by atoms with Crippen LogP contribution >= 0.6 is 11.8 Å². The van der Waals surface area contributed by atoms with E-state index in [0.717, 1.165) is 39.8 Å². The molecule has 1 aliphatic rings. The monoisotopic (exact) mass is 435 g/mol. The Hall–Kier alpha value is -3.33. The molecule has 158 valence electrons. The van der Waals surface area contributed by atoms with Gasteiger partial charge in [0.15, 0.2) is 17.1 Å². The molecule has 0 saturated heterocycles. The maximum Gasteiger partial charge on any atom is 0.231 e. The molecule has 31 heavy (non-hydrogen) atoms. The second-order valence-corrected chi connectivity index (χ2v) is 8.23. The molecule has 5 rings (SSSR count). The average molecular weight is 436 g/mol. The Morgan fingerprint density at radius 3 is 2.84 bits per heavy atom. The summed E-state index contributed by atoms with van der Waals surface area (Å²) >= 11 is 1.27. The fourth-order valence-corrected chi connectivity index (χ4v) is 4.22. The van der Waals surface area contributed by atoms with Gasteiger partial charge in [0.25, 0.3) is 0 Å². The van der Waals surface area contributed by atoms with E-state index in [0.29, 0.717) is 17.5 Å². The minimum atomic E-state index is -0.101. The third-order valence-corrected chi connectivity index (χ3v) is 6.15. The molecule has 1 amide bonds. The summed E-state index contributed by atoms with van der Waals surface area (Å²) in [6.07, 6.45) is 0.961. The van der Waals surface area contributed by atoms with Crippen LogP contribution < -0.4 is 14.8 Å². The Bertz CT molecular complexity index is 1300. The third-order valence-electron chi connectivity index (χ3n) is 5.31. The number of ether oxygens (including phenoxy) is 2. The largest absolute Gasteiger partial charge is 0.454 e. The van der Waals surface area contributed by atoms with Crippen LogP contribution in [0.25, 0.3) is 22.1 Å². The van der Waals surface area contributed by atoms with Crippen molar-refractivity contribution < 1.29 is 14.3 Å². The zero-order valence-corrected chi connectivity index (χ0v) is 18.0. The van der Waals surface area contributed by atoms with Crippen LogP contribution in [0.2, 0.25) is 0 Å². The minimum Gasteiger partial charge on any atom is -0.454 e. The van der Waals surface area contributed by atoms with Gasteiger partial charge in [-0.3, -0.25) is 4.79 Å². The number of amides is 1. The van der Waals surface area contributed by atoms with Crippen LogP contribution in [0.4, 0.5) is 0 Å². The number of carbonyl (C=O) groups is 1. The number of rotatable bonds is 6. The maximum absolute atomic E-state index is 12.3. The van der Waals surface area contributed by atoms with Crippen molar-refractivity contribution in [3.8, 4) is 11.5 Å². The van der Waals surface area contributed by atoms with Gasteiger partial charge in [-0.2, -0.15) is 0 Å². The number of benzene rings is 2. The number of hydrogen-bond acceptors (Lipinski definition) is 7. The summed E-state index contributed by atoms with van der Waals surface area (Å²) in [6.45, 7) is 2.77. The van der Waals surface area contributed by atoms with E-state index in [-0.39, 0.29) is 18.5 Å². The molecule has 3 heterocycles. The van der Waals surface area contributed by atoms with Crippen LogP contribution in [0.5, 0.6) is 11.5 Å². The Morgan fingerprint density at radius 1 is 1.13 bits per heavy atom. The molecule has 0 radical (unpaired) electrons. The van der Waals surface area contributed by atoms with Crippen LogP contribution in [-0.4, -0.2) is 38.2 Å². The first-order chi connectivity index (χ1) is 15.1. The van der Waals surface area contributed by atoms with E-state index in [4.69, 9.17) is 9.47 Å². The first-order valence-corrected chi connectivity index (χ1v) is 11.0. The molecule has 0 spiro atoms. The molecule has 0 fully saturated rings. The summed E-state index contributed by atoms with van der Waals surface area (Å²) in [5, 5.41) is 13.1. The van der Waals surface area contributed by atoms with E-state index in [1.807, 2.05) is 29.8 Å². The quantitative estimate of drug-likeness (QED) is 0.465. The molecule has 0 bridgehead atoms.